The Kier molecular flexibility index (Phi) is 7.27. The third-order valence-corrected chi connectivity index (χ3v) is 4.33. The van der Waals surface area contributed by atoms with E-state index in [9.17, 15) is 4.79 Å². The summed E-state index contributed by atoms with van der Waals surface area (Å²) in [4.78, 5) is 12.6. The Bertz CT molecular complexity index is 581. The first-order valence-electron chi connectivity index (χ1n) is 7.60. The van der Waals surface area contributed by atoms with E-state index in [0.29, 0.717) is 13.0 Å². The zero-order valence-electron chi connectivity index (χ0n) is 14.2. The lowest BCUT2D eigenvalue weighted by Gasteiger charge is -2.29. The molecule has 23 heavy (non-hydrogen) atoms. The highest BCUT2D eigenvalue weighted by Crippen LogP contribution is 2.31. The van der Waals surface area contributed by atoms with Gasteiger partial charge < -0.3 is 4.74 Å². The molecule has 0 saturated carbocycles. The second-order valence-electron chi connectivity index (χ2n) is 6.15. The zero-order valence-corrected chi connectivity index (χ0v) is 15.8. The van der Waals surface area contributed by atoms with Gasteiger partial charge in [0.1, 0.15) is 5.60 Å². The van der Waals surface area contributed by atoms with Gasteiger partial charge in [0.25, 0.3) is 0 Å². The number of terminal acetylenes is 1. The number of amides is 1. The fourth-order valence-electron chi connectivity index (χ4n) is 2.27. The van der Waals surface area contributed by atoms with Crippen LogP contribution < -0.4 is 10.9 Å². The normalized spacial score (nSPS) is 13.9. The molecule has 1 aromatic carbocycles. The molecule has 0 saturated heterocycles. The molecule has 0 fully saturated rings. The Hall–Kier alpha value is -1.35. The number of hydrogen-bond donors (Lipinski definition) is 2. The largest absolute Gasteiger partial charge is 0.363 e. The van der Waals surface area contributed by atoms with E-state index in [-0.39, 0.29) is 5.91 Å². The van der Waals surface area contributed by atoms with Crippen LogP contribution in [-0.4, -0.2) is 25.2 Å². The van der Waals surface area contributed by atoms with E-state index in [0.717, 1.165) is 16.5 Å². The molecule has 4 nitrogen and oxygen atoms in total. The Morgan fingerprint density at radius 3 is 2.65 bits per heavy atom. The Morgan fingerprint density at radius 2 is 2.09 bits per heavy atom. The van der Waals surface area contributed by atoms with E-state index in [4.69, 9.17) is 11.2 Å². The van der Waals surface area contributed by atoms with Gasteiger partial charge in [0.2, 0.25) is 5.91 Å². The summed E-state index contributed by atoms with van der Waals surface area (Å²) in [5.41, 5.74) is 5.12. The summed E-state index contributed by atoms with van der Waals surface area (Å²) in [6.07, 6.45) is 6.80. The summed E-state index contributed by atoms with van der Waals surface area (Å²) in [5.74, 6) is 2.53. The summed E-state index contributed by atoms with van der Waals surface area (Å²) >= 11 is 3.47. The van der Waals surface area contributed by atoms with Crippen molar-refractivity contribution in [3.8, 4) is 12.3 Å². The number of hydrazine groups is 1. The van der Waals surface area contributed by atoms with E-state index < -0.39 is 11.0 Å². The molecule has 1 rings (SSSR count). The molecule has 0 radical (unpaired) electrons. The minimum Gasteiger partial charge on any atom is -0.363 e. The van der Waals surface area contributed by atoms with Crippen molar-refractivity contribution in [1.82, 2.24) is 10.9 Å². The van der Waals surface area contributed by atoms with Crippen LogP contribution in [0.1, 0.15) is 39.2 Å². The highest BCUT2D eigenvalue weighted by Gasteiger charge is 2.34. The number of nitrogens with one attached hydrogen (secondary N) is 2. The van der Waals surface area contributed by atoms with Gasteiger partial charge in [-0.1, -0.05) is 34.0 Å². The summed E-state index contributed by atoms with van der Waals surface area (Å²) in [5, 5.41) is 0. The van der Waals surface area contributed by atoms with Gasteiger partial charge in [0.05, 0.1) is 5.41 Å². The van der Waals surface area contributed by atoms with Crippen LogP contribution >= 0.6 is 15.9 Å². The predicted molar refractivity (Wildman–Crippen MR) is 96.8 cm³/mol. The van der Waals surface area contributed by atoms with Crippen molar-refractivity contribution in [1.29, 1.82) is 0 Å². The molecule has 1 unspecified atom stereocenters. The highest BCUT2D eigenvalue weighted by atomic mass is 79.9. The molecule has 1 atom stereocenters. The van der Waals surface area contributed by atoms with Gasteiger partial charge in [-0.15, -0.1) is 6.42 Å². The van der Waals surface area contributed by atoms with Crippen LogP contribution in [-0.2, 0) is 14.9 Å². The molecule has 0 spiro atoms. The maximum Gasteiger partial charge on any atom is 0.244 e. The molecule has 0 bridgehead atoms. The first kappa shape index (κ1) is 19.7. The molecular weight excluding hydrogens is 356 g/mol. The highest BCUT2D eigenvalue weighted by molar-refractivity contribution is 9.10. The average Bonchev–Trinajstić information content (AvgIpc) is 2.51. The van der Waals surface area contributed by atoms with Gasteiger partial charge in [0, 0.05) is 18.1 Å². The van der Waals surface area contributed by atoms with E-state index in [1.165, 1.54) is 0 Å². The second kappa shape index (κ2) is 8.49. The third kappa shape index (κ3) is 5.65. The van der Waals surface area contributed by atoms with Crippen LogP contribution in [0.15, 0.2) is 28.7 Å². The Morgan fingerprint density at radius 1 is 1.39 bits per heavy atom. The molecule has 1 aromatic rings. The minimum absolute atomic E-state index is 0.0747. The monoisotopic (exact) mass is 380 g/mol. The lowest BCUT2D eigenvalue weighted by atomic mass is 9.78. The van der Waals surface area contributed by atoms with Crippen LogP contribution in [0, 0.1) is 12.3 Å². The summed E-state index contributed by atoms with van der Waals surface area (Å²) < 4.78 is 6.63. The number of carbonyl (C=O) groups is 1. The maximum atomic E-state index is 12.6. The number of hydrogen-bond acceptors (Lipinski definition) is 3. The molecule has 0 aliphatic carbocycles. The van der Waals surface area contributed by atoms with E-state index in [1.807, 2.05) is 45.0 Å². The van der Waals surface area contributed by atoms with Gasteiger partial charge in [-0.05, 0) is 51.3 Å². The van der Waals surface area contributed by atoms with Gasteiger partial charge >= 0.3 is 0 Å². The van der Waals surface area contributed by atoms with Crippen molar-refractivity contribution in [2.45, 2.75) is 44.6 Å². The number of carbonyl (C=O) groups excluding carboxylic acids is 1. The molecule has 0 aliphatic rings. The fourth-order valence-corrected chi connectivity index (χ4v) is 2.67. The van der Waals surface area contributed by atoms with Gasteiger partial charge in [-0.25, -0.2) is 5.43 Å². The maximum absolute atomic E-state index is 12.6. The molecule has 0 aliphatic heterocycles. The SMILES string of the molecule is C#CC(C)(C)OCCCC(C)(C(=O)NNC)c1cccc(Br)c1. The van der Waals surface area contributed by atoms with Crippen molar-refractivity contribution >= 4 is 21.8 Å². The van der Waals surface area contributed by atoms with Crippen molar-refractivity contribution in [3.05, 3.63) is 34.3 Å². The molecule has 5 heteroatoms. The zero-order chi connectivity index (χ0) is 17.5. The molecule has 2 N–H and O–H groups in total. The van der Waals surface area contributed by atoms with Gasteiger partial charge in [0.15, 0.2) is 0 Å². The van der Waals surface area contributed by atoms with Crippen molar-refractivity contribution < 1.29 is 9.53 Å². The average molecular weight is 381 g/mol. The molecule has 0 aromatic heterocycles. The van der Waals surface area contributed by atoms with E-state index >= 15 is 0 Å². The molecular formula is C18H25BrN2O2. The van der Waals surface area contributed by atoms with Crippen LogP contribution in [0.2, 0.25) is 0 Å². The Labute approximate surface area is 147 Å². The van der Waals surface area contributed by atoms with E-state index in [2.05, 4.69) is 32.7 Å². The third-order valence-electron chi connectivity index (χ3n) is 3.83. The second-order valence-corrected chi connectivity index (χ2v) is 7.07. The van der Waals surface area contributed by atoms with Gasteiger partial charge in [-0.3, -0.25) is 10.2 Å². The smallest absolute Gasteiger partial charge is 0.244 e. The Balaban J connectivity index is 2.85. The van der Waals surface area contributed by atoms with Crippen LogP contribution in [0.25, 0.3) is 0 Å². The fraction of sp³-hybridized carbons (Fsp3) is 0.500. The summed E-state index contributed by atoms with van der Waals surface area (Å²) in [6.45, 7) is 6.16. The van der Waals surface area contributed by atoms with Crippen molar-refractivity contribution in [2.75, 3.05) is 13.7 Å². The lowest BCUT2D eigenvalue weighted by Crippen LogP contribution is -2.47. The first-order valence-corrected chi connectivity index (χ1v) is 8.39. The first-order chi connectivity index (χ1) is 10.7. The summed E-state index contributed by atoms with van der Waals surface area (Å²) in [6, 6.07) is 7.81. The number of ether oxygens (including phenoxy) is 1. The van der Waals surface area contributed by atoms with Crippen LogP contribution in [0.5, 0.6) is 0 Å². The molecule has 1 amide bonds. The van der Waals surface area contributed by atoms with Crippen LogP contribution in [0.4, 0.5) is 0 Å². The number of benzene rings is 1. The van der Waals surface area contributed by atoms with Crippen molar-refractivity contribution in [2.24, 2.45) is 0 Å². The lowest BCUT2D eigenvalue weighted by molar-refractivity contribution is -0.127. The van der Waals surface area contributed by atoms with E-state index in [1.54, 1.807) is 7.05 Å². The topological polar surface area (TPSA) is 50.4 Å². The number of halogens is 1. The van der Waals surface area contributed by atoms with Crippen LogP contribution in [0.3, 0.4) is 0 Å². The van der Waals surface area contributed by atoms with Crippen molar-refractivity contribution in [3.63, 3.8) is 0 Å². The standard InChI is InChI=1S/C18H25BrN2O2/c1-6-17(2,3)23-12-8-11-18(4,16(22)21-20-5)14-9-7-10-15(19)13-14/h1,7,9-10,13,20H,8,11-12H2,2-5H3,(H,21,22). The molecule has 0 heterocycles. The number of rotatable bonds is 8. The molecule has 126 valence electrons. The van der Waals surface area contributed by atoms with Gasteiger partial charge in [-0.2, -0.15) is 0 Å². The minimum atomic E-state index is -0.656. The predicted octanol–water partition coefficient (Wildman–Crippen LogP) is 3.17. The quantitative estimate of drug-likeness (QED) is 0.413. The summed E-state index contributed by atoms with van der Waals surface area (Å²) in [7, 11) is 1.68.